The fourth-order valence-electron chi connectivity index (χ4n) is 1.17. The topological polar surface area (TPSA) is 9.23 Å². The van der Waals surface area contributed by atoms with Gasteiger partial charge in [-0.15, -0.1) is 11.8 Å². The minimum absolute atomic E-state index is 0.726. The molecule has 0 fully saturated rings. The van der Waals surface area contributed by atoms with Gasteiger partial charge in [0.25, 0.3) is 0 Å². The van der Waals surface area contributed by atoms with E-state index in [-0.39, 0.29) is 0 Å². The van der Waals surface area contributed by atoms with E-state index in [1.165, 1.54) is 4.90 Å². The van der Waals surface area contributed by atoms with Crippen molar-refractivity contribution in [2.45, 2.75) is 25.2 Å². The fourth-order valence-corrected chi connectivity index (χ4v) is 2.06. The van der Waals surface area contributed by atoms with E-state index in [1.807, 2.05) is 24.3 Å². The summed E-state index contributed by atoms with van der Waals surface area (Å²) in [5.41, 5.74) is 0. The van der Waals surface area contributed by atoms with Gasteiger partial charge in [-0.05, 0) is 36.6 Å². The number of rotatable bonds is 7. The smallest absolute Gasteiger partial charge is 0.0560 e. The molecule has 1 rings (SSSR count). The molecular formula is C13H19ClOS. The number of hydrogen-bond acceptors (Lipinski definition) is 2. The number of thioether (sulfide) groups is 1. The largest absolute Gasteiger partial charge is 0.381 e. The van der Waals surface area contributed by atoms with Crippen LogP contribution in [-0.2, 0) is 4.74 Å². The summed E-state index contributed by atoms with van der Waals surface area (Å²) in [4.78, 5) is 1.25. The third-order valence-corrected chi connectivity index (χ3v) is 3.38. The van der Waals surface area contributed by atoms with Crippen LogP contribution in [0, 0.1) is 5.92 Å². The molecule has 0 saturated carbocycles. The van der Waals surface area contributed by atoms with E-state index in [4.69, 9.17) is 16.3 Å². The summed E-state index contributed by atoms with van der Waals surface area (Å²) in [5, 5.41) is 0.789. The van der Waals surface area contributed by atoms with Gasteiger partial charge in [0.2, 0.25) is 0 Å². The Bertz CT molecular complexity index is 284. The van der Waals surface area contributed by atoms with Crippen LogP contribution < -0.4 is 0 Å². The molecule has 1 aromatic rings. The predicted molar refractivity (Wildman–Crippen MR) is 72.5 cm³/mol. The van der Waals surface area contributed by atoms with Crippen molar-refractivity contribution < 1.29 is 4.74 Å². The molecule has 0 saturated heterocycles. The van der Waals surface area contributed by atoms with Gasteiger partial charge < -0.3 is 4.74 Å². The van der Waals surface area contributed by atoms with Crippen molar-refractivity contribution >= 4 is 23.4 Å². The number of hydrogen-bond donors (Lipinski definition) is 0. The molecule has 0 aliphatic carbocycles. The number of benzene rings is 1. The van der Waals surface area contributed by atoms with Crippen molar-refractivity contribution in [2.75, 3.05) is 19.0 Å². The van der Waals surface area contributed by atoms with Crippen molar-refractivity contribution in [2.24, 2.45) is 5.92 Å². The van der Waals surface area contributed by atoms with Crippen LogP contribution in [0.4, 0.5) is 0 Å². The lowest BCUT2D eigenvalue weighted by Gasteiger charge is -2.06. The van der Waals surface area contributed by atoms with Crippen LogP contribution in [0.2, 0.25) is 5.02 Å². The molecule has 0 N–H and O–H groups in total. The lowest BCUT2D eigenvalue weighted by atomic mass is 10.1. The van der Waals surface area contributed by atoms with Gasteiger partial charge in [-0.1, -0.05) is 25.4 Å². The van der Waals surface area contributed by atoms with Crippen molar-refractivity contribution in [1.29, 1.82) is 0 Å². The van der Waals surface area contributed by atoms with Gasteiger partial charge in [-0.25, -0.2) is 0 Å². The van der Waals surface area contributed by atoms with Crippen LogP contribution >= 0.6 is 23.4 Å². The van der Waals surface area contributed by atoms with Gasteiger partial charge in [0.1, 0.15) is 0 Å². The van der Waals surface area contributed by atoms with E-state index < -0.39 is 0 Å². The highest BCUT2D eigenvalue weighted by atomic mass is 35.5. The number of ether oxygens (including phenoxy) is 1. The summed E-state index contributed by atoms with van der Waals surface area (Å²) in [5.74, 6) is 1.73. The van der Waals surface area contributed by atoms with Crippen molar-refractivity contribution in [1.82, 2.24) is 0 Å². The monoisotopic (exact) mass is 258 g/mol. The highest BCUT2D eigenvalue weighted by Crippen LogP contribution is 2.19. The molecule has 16 heavy (non-hydrogen) atoms. The van der Waals surface area contributed by atoms with E-state index in [0.29, 0.717) is 0 Å². The molecule has 1 nitrogen and oxygen atoms in total. The van der Waals surface area contributed by atoms with Gasteiger partial charge in [0.15, 0.2) is 0 Å². The maximum absolute atomic E-state index is 5.81. The average Bonchev–Trinajstić information content (AvgIpc) is 2.25. The molecule has 0 aliphatic rings. The highest BCUT2D eigenvalue weighted by molar-refractivity contribution is 7.99. The molecule has 0 aliphatic heterocycles. The normalized spacial score (nSPS) is 11.0. The van der Waals surface area contributed by atoms with Crippen LogP contribution in [0.15, 0.2) is 29.2 Å². The molecule has 0 amide bonds. The molecule has 1 aromatic carbocycles. The summed E-state index contributed by atoms with van der Waals surface area (Å²) in [6, 6.07) is 7.93. The minimum Gasteiger partial charge on any atom is -0.381 e. The standard InChI is InChI=1S/C13H19ClOS/c1-11(2)7-8-15-9-10-16-13-5-3-12(14)4-6-13/h3-6,11H,7-10H2,1-2H3. The Balaban J connectivity index is 2.05. The van der Waals surface area contributed by atoms with Crippen molar-refractivity contribution in [3.63, 3.8) is 0 Å². The lowest BCUT2D eigenvalue weighted by Crippen LogP contribution is -2.02. The van der Waals surface area contributed by atoms with Crippen LogP contribution in [0.25, 0.3) is 0 Å². The molecular weight excluding hydrogens is 240 g/mol. The second-order valence-electron chi connectivity index (χ2n) is 4.10. The Labute approximate surface area is 108 Å². The van der Waals surface area contributed by atoms with Crippen LogP contribution in [0.3, 0.4) is 0 Å². The molecule has 0 atom stereocenters. The Kier molecular flexibility index (Phi) is 6.93. The quantitative estimate of drug-likeness (QED) is 0.526. The lowest BCUT2D eigenvalue weighted by molar-refractivity contribution is 0.138. The zero-order valence-corrected chi connectivity index (χ0v) is 11.5. The number of halogens is 1. The van der Waals surface area contributed by atoms with Crippen LogP contribution in [0.5, 0.6) is 0 Å². The zero-order chi connectivity index (χ0) is 11.8. The SMILES string of the molecule is CC(C)CCOCCSc1ccc(Cl)cc1. The fraction of sp³-hybridized carbons (Fsp3) is 0.538. The van der Waals surface area contributed by atoms with E-state index in [2.05, 4.69) is 13.8 Å². The molecule has 0 spiro atoms. The maximum Gasteiger partial charge on any atom is 0.0560 e. The molecule has 0 aromatic heterocycles. The highest BCUT2D eigenvalue weighted by Gasteiger charge is 1.96. The van der Waals surface area contributed by atoms with Gasteiger partial charge in [0.05, 0.1) is 6.61 Å². The summed E-state index contributed by atoms with van der Waals surface area (Å²) < 4.78 is 5.54. The van der Waals surface area contributed by atoms with E-state index >= 15 is 0 Å². The molecule has 0 radical (unpaired) electrons. The van der Waals surface area contributed by atoms with E-state index in [9.17, 15) is 0 Å². The summed E-state index contributed by atoms with van der Waals surface area (Å²) in [6.45, 7) is 6.12. The summed E-state index contributed by atoms with van der Waals surface area (Å²) in [6.07, 6.45) is 1.14. The Morgan fingerprint density at radius 1 is 1.19 bits per heavy atom. The minimum atomic E-state index is 0.726. The first-order valence-corrected chi connectivity index (χ1v) is 7.01. The van der Waals surface area contributed by atoms with Crippen LogP contribution in [-0.4, -0.2) is 19.0 Å². The third kappa shape index (κ3) is 6.41. The van der Waals surface area contributed by atoms with Crippen molar-refractivity contribution in [3.05, 3.63) is 29.3 Å². The van der Waals surface area contributed by atoms with Crippen LogP contribution in [0.1, 0.15) is 20.3 Å². The first-order chi connectivity index (χ1) is 7.68. The zero-order valence-electron chi connectivity index (χ0n) is 9.91. The van der Waals surface area contributed by atoms with Gasteiger partial charge in [0, 0.05) is 22.3 Å². The van der Waals surface area contributed by atoms with E-state index in [0.717, 1.165) is 36.3 Å². The summed E-state index contributed by atoms with van der Waals surface area (Å²) >= 11 is 7.61. The molecule has 3 heteroatoms. The van der Waals surface area contributed by atoms with Gasteiger partial charge >= 0.3 is 0 Å². The molecule has 0 bridgehead atoms. The maximum atomic E-state index is 5.81. The van der Waals surface area contributed by atoms with Gasteiger partial charge in [-0.3, -0.25) is 0 Å². The Hall–Kier alpha value is -0.180. The predicted octanol–water partition coefficient (Wildman–Crippen LogP) is 4.49. The third-order valence-electron chi connectivity index (χ3n) is 2.15. The summed E-state index contributed by atoms with van der Waals surface area (Å²) in [7, 11) is 0. The Morgan fingerprint density at radius 2 is 1.88 bits per heavy atom. The molecule has 0 heterocycles. The first kappa shape index (κ1) is 13.9. The van der Waals surface area contributed by atoms with Crippen molar-refractivity contribution in [3.8, 4) is 0 Å². The molecule has 0 unspecified atom stereocenters. The molecule has 90 valence electrons. The second-order valence-corrected chi connectivity index (χ2v) is 5.70. The average molecular weight is 259 g/mol. The van der Waals surface area contributed by atoms with Gasteiger partial charge in [-0.2, -0.15) is 0 Å². The second kappa shape index (κ2) is 7.99. The van der Waals surface area contributed by atoms with E-state index in [1.54, 1.807) is 11.8 Å². The first-order valence-electron chi connectivity index (χ1n) is 5.64. The Morgan fingerprint density at radius 3 is 2.50 bits per heavy atom.